The molecule has 1 aliphatic rings. The van der Waals surface area contributed by atoms with Crippen LogP contribution in [0.1, 0.15) is 12.8 Å². The first-order valence-electron chi connectivity index (χ1n) is 7.89. The molecule has 3 rings (SSSR count). The fourth-order valence-electron chi connectivity index (χ4n) is 2.92. The molecule has 1 aliphatic heterocycles. The van der Waals surface area contributed by atoms with E-state index in [2.05, 4.69) is 26.2 Å². The number of nitrogens with one attached hydrogen (secondary N) is 1. The molecule has 0 saturated carbocycles. The van der Waals surface area contributed by atoms with E-state index in [9.17, 15) is 9.90 Å². The number of fused-ring (bicyclic) bond motifs is 1. The van der Waals surface area contributed by atoms with Crippen LogP contribution in [0, 0.1) is 0 Å². The summed E-state index contributed by atoms with van der Waals surface area (Å²) >= 11 is 3.44. The summed E-state index contributed by atoms with van der Waals surface area (Å²) < 4.78 is 6.42. The molecule has 0 spiro atoms. The van der Waals surface area contributed by atoms with Crippen LogP contribution in [0.2, 0.25) is 0 Å². The minimum absolute atomic E-state index is 0.110. The highest BCUT2D eigenvalue weighted by atomic mass is 79.9. The molecule has 2 heterocycles. The number of rotatable bonds is 4. The van der Waals surface area contributed by atoms with Gasteiger partial charge in [0.05, 0.1) is 31.5 Å². The van der Waals surface area contributed by atoms with Gasteiger partial charge >= 0.3 is 0 Å². The maximum atomic E-state index is 12.3. The van der Waals surface area contributed by atoms with Gasteiger partial charge in [-0.1, -0.05) is 15.9 Å². The number of methoxy groups -OCH3 is 1. The standard InChI is InChI=1S/C17H20BrN3O3/c1-24-17-13-8-11(18)2-3-14(13)19-9-15(17)20-16(23)10-21-6-4-12(22)5-7-21/h2-3,8-9,12,22H,4-7,10H2,1H3,(H,20,23). The first kappa shape index (κ1) is 17.1. The number of halogens is 1. The number of carbonyl (C=O) groups is 1. The first-order chi connectivity index (χ1) is 11.6. The van der Waals surface area contributed by atoms with E-state index in [1.807, 2.05) is 23.1 Å². The van der Waals surface area contributed by atoms with Crippen molar-refractivity contribution in [3.63, 3.8) is 0 Å². The van der Waals surface area contributed by atoms with E-state index < -0.39 is 0 Å². The Labute approximate surface area is 148 Å². The van der Waals surface area contributed by atoms with Gasteiger partial charge in [0, 0.05) is 22.9 Å². The fraction of sp³-hybridized carbons (Fsp3) is 0.412. The zero-order valence-electron chi connectivity index (χ0n) is 13.5. The van der Waals surface area contributed by atoms with Crippen molar-refractivity contribution in [1.29, 1.82) is 0 Å². The van der Waals surface area contributed by atoms with Gasteiger partial charge in [0.2, 0.25) is 5.91 Å². The van der Waals surface area contributed by atoms with Crippen LogP contribution in [0.4, 0.5) is 5.69 Å². The number of aromatic nitrogens is 1. The van der Waals surface area contributed by atoms with Gasteiger partial charge in [-0.25, -0.2) is 0 Å². The molecule has 6 nitrogen and oxygen atoms in total. The molecule has 0 aliphatic carbocycles. The number of ether oxygens (including phenoxy) is 1. The van der Waals surface area contributed by atoms with E-state index >= 15 is 0 Å². The lowest BCUT2D eigenvalue weighted by molar-refractivity contribution is -0.117. The van der Waals surface area contributed by atoms with Crippen LogP contribution < -0.4 is 10.1 Å². The molecule has 1 fully saturated rings. The van der Waals surface area contributed by atoms with E-state index in [1.165, 1.54) is 0 Å². The van der Waals surface area contributed by atoms with Crippen molar-refractivity contribution in [3.8, 4) is 5.75 Å². The summed E-state index contributed by atoms with van der Waals surface area (Å²) in [5.41, 5.74) is 1.36. The van der Waals surface area contributed by atoms with Crippen LogP contribution >= 0.6 is 15.9 Å². The molecule has 1 aromatic carbocycles. The van der Waals surface area contributed by atoms with Gasteiger partial charge in [0.25, 0.3) is 0 Å². The smallest absolute Gasteiger partial charge is 0.238 e. The Hall–Kier alpha value is -1.70. The number of carbonyl (C=O) groups excluding carboxylic acids is 1. The zero-order chi connectivity index (χ0) is 17.1. The Kier molecular flexibility index (Phi) is 5.33. The van der Waals surface area contributed by atoms with Crippen molar-refractivity contribution in [2.45, 2.75) is 18.9 Å². The molecule has 0 bridgehead atoms. The largest absolute Gasteiger partial charge is 0.494 e. The van der Waals surface area contributed by atoms with Crippen LogP contribution in [0.25, 0.3) is 10.9 Å². The molecule has 1 amide bonds. The number of pyridine rings is 1. The molecule has 1 saturated heterocycles. The van der Waals surface area contributed by atoms with E-state index in [-0.39, 0.29) is 12.0 Å². The topological polar surface area (TPSA) is 74.7 Å². The molecule has 7 heteroatoms. The summed E-state index contributed by atoms with van der Waals surface area (Å²) in [7, 11) is 1.58. The van der Waals surface area contributed by atoms with Crippen LogP contribution in [-0.4, -0.2) is 53.7 Å². The molecule has 0 radical (unpaired) electrons. The number of hydrogen-bond donors (Lipinski definition) is 2. The number of hydrogen-bond acceptors (Lipinski definition) is 5. The van der Waals surface area contributed by atoms with Crippen LogP contribution in [-0.2, 0) is 4.79 Å². The van der Waals surface area contributed by atoms with Crippen molar-refractivity contribution >= 4 is 38.4 Å². The number of likely N-dealkylation sites (tertiary alicyclic amines) is 1. The third kappa shape index (κ3) is 3.85. The molecule has 24 heavy (non-hydrogen) atoms. The lowest BCUT2D eigenvalue weighted by atomic mass is 10.1. The minimum atomic E-state index is -0.243. The highest BCUT2D eigenvalue weighted by Crippen LogP contribution is 2.33. The zero-order valence-corrected chi connectivity index (χ0v) is 15.0. The van der Waals surface area contributed by atoms with Gasteiger partial charge < -0.3 is 15.2 Å². The Morgan fingerprint density at radius 3 is 2.92 bits per heavy atom. The van der Waals surface area contributed by atoms with E-state index in [1.54, 1.807) is 13.3 Å². The highest BCUT2D eigenvalue weighted by molar-refractivity contribution is 9.10. The van der Waals surface area contributed by atoms with E-state index in [4.69, 9.17) is 4.74 Å². The normalized spacial score (nSPS) is 16.3. The fourth-order valence-corrected chi connectivity index (χ4v) is 3.28. The first-order valence-corrected chi connectivity index (χ1v) is 8.68. The number of aliphatic hydroxyl groups excluding tert-OH is 1. The van der Waals surface area contributed by atoms with Crippen molar-refractivity contribution in [2.75, 3.05) is 32.1 Å². The molecule has 2 N–H and O–H groups in total. The van der Waals surface area contributed by atoms with Crippen LogP contribution in [0.5, 0.6) is 5.75 Å². The predicted molar refractivity (Wildman–Crippen MR) is 96.3 cm³/mol. The third-order valence-electron chi connectivity index (χ3n) is 4.18. The van der Waals surface area contributed by atoms with Gasteiger partial charge in [-0.3, -0.25) is 14.7 Å². The molecule has 2 aromatic rings. The monoisotopic (exact) mass is 393 g/mol. The number of aliphatic hydroxyl groups is 1. The number of piperidine rings is 1. The molecule has 1 aromatic heterocycles. The van der Waals surface area contributed by atoms with Crippen molar-refractivity contribution < 1.29 is 14.6 Å². The maximum absolute atomic E-state index is 12.3. The summed E-state index contributed by atoms with van der Waals surface area (Å²) in [4.78, 5) is 18.7. The molecular weight excluding hydrogens is 374 g/mol. The highest BCUT2D eigenvalue weighted by Gasteiger charge is 2.20. The second-order valence-corrected chi connectivity index (χ2v) is 6.84. The maximum Gasteiger partial charge on any atom is 0.238 e. The lowest BCUT2D eigenvalue weighted by Gasteiger charge is -2.28. The summed E-state index contributed by atoms with van der Waals surface area (Å²) in [5.74, 6) is 0.490. The Balaban J connectivity index is 1.75. The van der Waals surface area contributed by atoms with Crippen molar-refractivity contribution in [1.82, 2.24) is 9.88 Å². The average molecular weight is 394 g/mol. The van der Waals surface area contributed by atoms with Crippen molar-refractivity contribution in [3.05, 3.63) is 28.9 Å². The van der Waals surface area contributed by atoms with Crippen LogP contribution in [0.3, 0.4) is 0 Å². The molecular formula is C17H20BrN3O3. The molecule has 0 atom stereocenters. The second-order valence-electron chi connectivity index (χ2n) is 5.92. The predicted octanol–water partition coefficient (Wildman–Crippen LogP) is 2.40. The Morgan fingerprint density at radius 1 is 1.46 bits per heavy atom. The SMILES string of the molecule is COc1c(NC(=O)CN2CCC(O)CC2)cnc2ccc(Br)cc12. The van der Waals surface area contributed by atoms with Gasteiger partial charge in [-0.2, -0.15) is 0 Å². The number of benzene rings is 1. The second kappa shape index (κ2) is 7.46. The minimum Gasteiger partial charge on any atom is -0.494 e. The summed E-state index contributed by atoms with van der Waals surface area (Å²) in [5, 5.41) is 13.3. The Morgan fingerprint density at radius 2 is 2.21 bits per heavy atom. The lowest BCUT2D eigenvalue weighted by Crippen LogP contribution is -2.40. The number of anilines is 1. The third-order valence-corrected chi connectivity index (χ3v) is 4.68. The van der Waals surface area contributed by atoms with Crippen molar-refractivity contribution in [2.24, 2.45) is 0 Å². The van der Waals surface area contributed by atoms with Gasteiger partial charge in [-0.15, -0.1) is 0 Å². The van der Waals surface area contributed by atoms with Gasteiger partial charge in [0.1, 0.15) is 5.69 Å². The molecule has 0 unspecified atom stereocenters. The average Bonchev–Trinajstić information content (AvgIpc) is 2.56. The Bertz CT molecular complexity index is 745. The summed E-state index contributed by atoms with van der Waals surface area (Å²) in [6, 6.07) is 5.73. The van der Waals surface area contributed by atoms with Crippen LogP contribution in [0.15, 0.2) is 28.9 Å². The quantitative estimate of drug-likeness (QED) is 0.833. The summed E-state index contributed by atoms with van der Waals surface area (Å²) in [6.45, 7) is 1.76. The van der Waals surface area contributed by atoms with E-state index in [0.717, 1.165) is 28.5 Å². The van der Waals surface area contributed by atoms with E-state index in [0.29, 0.717) is 30.8 Å². The van der Waals surface area contributed by atoms with Gasteiger partial charge in [-0.05, 0) is 31.0 Å². The number of nitrogens with zero attached hydrogens (tertiary/aromatic N) is 2. The number of amides is 1. The van der Waals surface area contributed by atoms with Gasteiger partial charge in [0.15, 0.2) is 5.75 Å². The summed E-state index contributed by atoms with van der Waals surface area (Å²) in [6.07, 6.45) is 2.80. The molecule has 128 valence electrons.